The van der Waals surface area contributed by atoms with Crippen molar-refractivity contribution in [3.63, 3.8) is 0 Å². The molecule has 7 nitrogen and oxygen atoms in total. The Morgan fingerprint density at radius 2 is 1.86 bits per heavy atom. The number of nitrogens with one attached hydrogen (secondary N) is 2. The van der Waals surface area contributed by atoms with Crippen molar-refractivity contribution >= 4 is 45.5 Å². The van der Waals surface area contributed by atoms with Gasteiger partial charge < -0.3 is 20.5 Å². The maximum atomic E-state index is 12.6. The second-order valence-electron chi connectivity index (χ2n) is 6.93. The number of hydrogen-bond acceptors (Lipinski definition) is 6. The highest BCUT2D eigenvalue weighted by Gasteiger charge is 2.27. The first-order valence-electron chi connectivity index (χ1n) is 9.12. The van der Waals surface area contributed by atoms with Crippen LogP contribution in [-0.4, -0.2) is 31.1 Å². The number of ether oxygens (including phenoxy) is 2. The van der Waals surface area contributed by atoms with E-state index in [2.05, 4.69) is 17.6 Å². The lowest BCUT2D eigenvalue weighted by Crippen LogP contribution is -2.34. The molecule has 1 atom stereocenters. The minimum Gasteiger partial charge on any atom is -0.497 e. The summed E-state index contributed by atoms with van der Waals surface area (Å²) in [6, 6.07) is 4.84. The van der Waals surface area contributed by atoms with Crippen molar-refractivity contribution in [1.29, 1.82) is 0 Å². The van der Waals surface area contributed by atoms with E-state index < -0.39 is 11.8 Å². The zero-order valence-corrected chi connectivity index (χ0v) is 18.1. The van der Waals surface area contributed by atoms with E-state index in [1.807, 2.05) is 0 Å². The molecule has 9 heteroatoms. The van der Waals surface area contributed by atoms with Gasteiger partial charge in [-0.05, 0) is 55.1 Å². The van der Waals surface area contributed by atoms with Crippen molar-refractivity contribution in [3.8, 4) is 11.5 Å². The molecule has 0 fully saturated rings. The van der Waals surface area contributed by atoms with Crippen molar-refractivity contribution in [2.75, 3.05) is 19.5 Å². The van der Waals surface area contributed by atoms with Gasteiger partial charge in [-0.2, -0.15) is 0 Å². The van der Waals surface area contributed by atoms with E-state index in [1.54, 1.807) is 18.2 Å². The van der Waals surface area contributed by atoms with Crippen LogP contribution >= 0.6 is 23.6 Å². The van der Waals surface area contributed by atoms with E-state index in [0.717, 1.165) is 29.7 Å². The summed E-state index contributed by atoms with van der Waals surface area (Å²) >= 11 is 6.76. The van der Waals surface area contributed by atoms with Gasteiger partial charge in [-0.15, -0.1) is 11.3 Å². The van der Waals surface area contributed by atoms with Crippen molar-refractivity contribution in [1.82, 2.24) is 5.32 Å². The molecule has 0 saturated carbocycles. The highest BCUT2D eigenvalue weighted by Crippen LogP contribution is 2.39. The highest BCUT2D eigenvalue weighted by atomic mass is 32.1. The second kappa shape index (κ2) is 8.79. The predicted octanol–water partition coefficient (Wildman–Crippen LogP) is 3.12. The maximum Gasteiger partial charge on any atom is 0.257 e. The van der Waals surface area contributed by atoms with E-state index in [-0.39, 0.29) is 5.11 Å². The summed E-state index contributed by atoms with van der Waals surface area (Å²) in [7, 11) is 3.01. The number of anilines is 1. The van der Waals surface area contributed by atoms with Gasteiger partial charge in [-0.1, -0.05) is 6.92 Å². The summed E-state index contributed by atoms with van der Waals surface area (Å²) in [6.07, 6.45) is 2.74. The van der Waals surface area contributed by atoms with Crippen LogP contribution in [0.5, 0.6) is 11.5 Å². The molecule has 1 aromatic heterocycles. The first-order chi connectivity index (χ1) is 13.8. The first kappa shape index (κ1) is 21.1. The van der Waals surface area contributed by atoms with E-state index >= 15 is 0 Å². The summed E-state index contributed by atoms with van der Waals surface area (Å²) in [5.41, 5.74) is 7.42. The Hall–Kier alpha value is -2.65. The molecule has 154 valence electrons. The summed E-state index contributed by atoms with van der Waals surface area (Å²) < 4.78 is 10.4. The molecule has 1 aliphatic carbocycles. The summed E-state index contributed by atoms with van der Waals surface area (Å²) in [6.45, 7) is 2.19. The average molecular weight is 434 g/mol. The van der Waals surface area contributed by atoms with Crippen LogP contribution in [0.3, 0.4) is 0 Å². The quantitative estimate of drug-likeness (QED) is 0.626. The Labute approximate surface area is 178 Å². The summed E-state index contributed by atoms with van der Waals surface area (Å²) in [4.78, 5) is 25.8. The fourth-order valence-corrected chi connectivity index (χ4v) is 5.03. The van der Waals surface area contributed by atoms with Gasteiger partial charge in [0.2, 0.25) is 0 Å². The van der Waals surface area contributed by atoms with Crippen LogP contribution in [0.25, 0.3) is 0 Å². The number of thiophene rings is 1. The van der Waals surface area contributed by atoms with E-state index in [4.69, 9.17) is 27.4 Å². The molecule has 2 amide bonds. The standard InChI is InChI=1S/C20H23N3O4S2/c1-10-4-5-14-15(6-10)29-19(16(14)17(21)24)23-20(28)22-18(25)11-7-12(26-2)9-13(8-11)27-3/h7-10H,4-6H2,1-3H3,(H2,21,24)(H2,22,23,25,28)/t10-/m0/s1. The number of rotatable bonds is 5. The second-order valence-corrected chi connectivity index (χ2v) is 8.44. The van der Waals surface area contributed by atoms with Crippen LogP contribution in [0.15, 0.2) is 18.2 Å². The number of carbonyl (C=O) groups excluding carboxylic acids is 2. The fraction of sp³-hybridized carbons (Fsp3) is 0.350. The van der Waals surface area contributed by atoms with Crippen molar-refractivity contribution in [2.45, 2.75) is 26.2 Å². The number of primary amides is 1. The Balaban J connectivity index is 1.78. The minimum atomic E-state index is -0.494. The predicted molar refractivity (Wildman–Crippen MR) is 117 cm³/mol. The number of amides is 2. The summed E-state index contributed by atoms with van der Waals surface area (Å²) in [5, 5.41) is 6.27. The number of thiocarbonyl (C=S) groups is 1. The molecule has 0 bridgehead atoms. The molecule has 2 aromatic rings. The van der Waals surface area contributed by atoms with Gasteiger partial charge in [0.15, 0.2) is 5.11 Å². The van der Waals surface area contributed by atoms with Gasteiger partial charge in [-0.3, -0.25) is 14.9 Å². The van der Waals surface area contributed by atoms with E-state index in [0.29, 0.717) is 33.5 Å². The molecule has 0 saturated heterocycles. The molecule has 1 aliphatic rings. The number of methoxy groups -OCH3 is 2. The van der Waals surface area contributed by atoms with Crippen LogP contribution < -0.4 is 25.8 Å². The summed E-state index contributed by atoms with van der Waals surface area (Å²) in [5.74, 6) is 0.625. The SMILES string of the molecule is COc1cc(OC)cc(C(=O)NC(=S)Nc2sc3c(c2C(N)=O)CC[C@H](C)C3)c1. The lowest BCUT2D eigenvalue weighted by molar-refractivity contribution is 0.0975. The number of benzene rings is 1. The average Bonchev–Trinajstić information content (AvgIpc) is 3.03. The molecule has 1 heterocycles. The van der Waals surface area contributed by atoms with Gasteiger partial charge in [0.05, 0.1) is 19.8 Å². The van der Waals surface area contributed by atoms with Gasteiger partial charge in [-0.25, -0.2) is 0 Å². The largest absolute Gasteiger partial charge is 0.497 e. The third-order valence-electron chi connectivity index (χ3n) is 4.83. The van der Waals surface area contributed by atoms with Gasteiger partial charge in [0.1, 0.15) is 16.5 Å². The molecule has 1 aromatic carbocycles. The number of hydrogen-bond donors (Lipinski definition) is 3. The van der Waals surface area contributed by atoms with E-state index in [1.165, 1.54) is 25.6 Å². The maximum absolute atomic E-state index is 12.6. The Bertz CT molecular complexity index is 949. The first-order valence-corrected chi connectivity index (χ1v) is 10.3. The molecular formula is C20H23N3O4S2. The lowest BCUT2D eigenvalue weighted by Gasteiger charge is -2.18. The Morgan fingerprint density at radius 1 is 1.21 bits per heavy atom. The molecule has 29 heavy (non-hydrogen) atoms. The molecule has 0 spiro atoms. The molecule has 0 radical (unpaired) electrons. The molecule has 3 rings (SSSR count). The topological polar surface area (TPSA) is 103 Å². The monoisotopic (exact) mass is 433 g/mol. The van der Waals surface area contributed by atoms with Crippen molar-refractivity contribution < 1.29 is 19.1 Å². The van der Waals surface area contributed by atoms with Gasteiger partial charge in [0.25, 0.3) is 11.8 Å². The smallest absolute Gasteiger partial charge is 0.257 e. The van der Waals surface area contributed by atoms with Crippen LogP contribution in [-0.2, 0) is 12.8 Å². The van der Waals surface area contributed by atoms with Crippen LogP contribution in [0.2, 0.25) is 0 Å². The van der Waals surface area contributed by atoms with Crippen LogP contribution in [0, 0.1) is 5.92 Å². The fourth-order valence-electron chi connectivity index (χ4n) is 3.35. The third kappa shape index (κ3) is 4.68. The zero-order valence-electron chi connectivity index (χ0n) is 16.5. The van der Waals surface area contributed by atoms with Gasteiger partial charge >= 0.3 is 0 Å². The van der Waals surface area contributed by atoms with Crippen LogP contribution in [0.1, 0.15) is 44.5 Å². The molecular weight excluding hydrogens is 410 g/mol. The normalized spacial score (nSPS) is 15.2. The van der Waals surface area contributed by atoms with E-state index in [9.17, 15) is 9.59 Å². The van der Waals surface area contributed by atoms with Crippen molar-refractivity contribution in [2.24, 2.45) is 11.7 Å². The zero-order chi connectivity index (χ0) is 21.1. The number of fused-ring (bicyclic) bond motifs is 1. The third-order valence-corrected chi connectivity index (χ3v) is 6.20. The molecule has 0 unspecified atom stereocenters. The molecule has 4 N–H and O–H groups in total. The minimum absolute atomic E-state index is 0.0888. The molecule has 0 aliphatic heterocycles. The number of nitrogens with two attached hydrogens (primary N) is 1. The Kier molecular flexibility index (Phi) is 6.39. The number of carbonyl (C=O) groups is 2. The van der Waals surface area contributed by atoms with Crippen LogP contribution in [0.4, 0.5) is 5.00 Å². The van der Waals surface area contributed by atoms with Gasteiger partial charge in [0, 0.05) is 16.5 Å². The Morgan fingerprint density at radius 3 is 2.45 bits per heavy atom. The van der Waals surface area contributed by atoms with Crippen molar-refractivity contribution in [3.05, 3.63) is 39.8 Å². The lowest BCUT2D eigenvalue weighted by atomic mass is 9.88. The highest BCUT2D eigenvalue weighted by molar-refractivity contribution is 7.80.